The second kappa shape index (κ2) is 12.7. The van der Waals surface area contributed by atoms with Gasteiger partial charge in [0.15, 0.2) is 11.6 Å². The minimum Gasteiger partial charge on any atom is -0.483 e. The fourth-order valence-electron chi connectivity index (χ4n) is 4.94. The predicted molar refractivity (Wildman–Crippen MR) is 134 cm³/mol. The van der Waals surface area contributed by atoms with E-state index >= 15 is 0 Å². The van der Waals surface area contributed by atoms with Crippen molar-refractivity contribution in [3.8, 4) is 5.75 Å². The molecule has 1 atom stereocenters. The van der Waals surface area contributed by atoms with E-state index in [1.165, 1.54) is 50.0 Å². The molecule has 1 aliphatic heterocycles. The molecule has 3 aromatic rings. The van der Waals surface area contributed by atoms with Crippen LogP contribution in [0.3, 0.4) is 0 Å². The largest absolute Gasteiger partial charge is 0.483 e. The van der Waals surface area contributed by atoms with Gasteiger partial charge in [-0.1, -0.05) is 73.5 Å². The standard InChI is InChI=1S/C30H35F2NO/c31-27-15-8-7-14-26(27)29(34-30-18-10-9-16-28(30)32)17-6-1-2-11-21-33-22-19-25(20-23-33)24-12-4-3-5-13-24/h3-5,7-10,12-16,18,25,29H,1-2,6,11,17,19-23H2. The molecule has 0 aromatic heterocycles. The molecular weight excluding hydrogens is 428 g/mol. The first-order valence-corrected chi connectivity index (χ1v) is 12.6. The summed E-state index contributed by atoms with van der Waals surface area (Å²) in [7, 11) is 0. The fraction of sp³-hybridized carbons (Fsp3) is 0.400. The monoisotopic (exact) mass is 463 g/mol. The van der Waals surface area contributed by atoms with Crippen molar-refractivity contribution in [1.29, 1.82) is 0 Å². The van der Waals surface area contributed by atoms with Gasteiger partial charge in [0, 0.05) is 5.56 Å². The van der Waals surface area contributed by atoms with E-state index in [-0.39, 0.29) is 11.6 Å². The van der Waals surface area contributed by atoms with Crippen LogP contribution in [0.2, 0.25) is 0 Å². The summed E-state index contributed by atoms with van der Waals surface area (Å²) in [6, 6.07) is 23.9. The summed E-state index contributed by atoms with van der Waals surface area (Å²) in [5.74, 6) is 0.152. The summed E-state index contributed by atoms with van der Waals surface area (Å²) in [6.45, 7) is 3.49. The van der Waals surface area contributed by atoms with Crippen molar-refractivity contribution in [3.05, 3.63) is 102 Å². The summed E-state index contributed by atoms with van der Waals surface area (Å²) in [5, 5.41) is 0. The van der Waals surface area contributed by atoms with Crippen molar-refractivity contribution < 1.29 is 13.5 Å². The fourth-order valence-corrected chi connectivity index (χ4v) is 4.94. The first-order chi connectivity index (χ1) is 16.7. The number of unbranched alkanes of at least 4 members (excludes halogenated alkanes) is 3. The highest BCUT2D eigenvalue weighted by atomic mass is 19.1. The van der Waals surface area contributed by atoms with Crippen LogP contribution in [0, 0.1) is 11.6 Å². The van der Waals surface area contributed by atoms with E-state index in [2.05, 4.69) is 35.2 Å². The summed E-state index contributed by atoms with van der Waals surface area (Å²) in [5.41, 5.74) is 1.97. The second-order valence-corrected chi connectivity index (χ2v) is 9.29. The Bertz CT molecular complexity index is 1000. The molecule has 1 saturated heterocycles. The smallest absolute Gasteiger partial charge is 0.165 e. The normalized spacial score (nSPS) is 15.8. The minimum atomic E-state index is -0.491. The minimum absolute atomic E-state index is 0.176. The Morgan fingerprint density at radius 2 is 1.38 bits per heavy atom. The number of piperidine rings is 1. The molecule has 0 spiro atoms. The second-order valence-electron chi connectivity index (χ2n) is 9.29. The lowest BCUT2D eigenvalue weighted by Gasteiger charge is -2.32. The number of para-hydroxylation sites is 1. The molecular formula is C30H35F2NO. The first-order valence-electron chi connectivity index (χ1n) is 12.6. The lowest BCUT2D eigenvalue weighted by molar-refractivity contribution is 0.176. The molecule has 0 radical (unpaired) electrons. The van der Waals surface area contributed by atoms with Crippen LogP contribution < -0.4 is 4.74 Å². The molecule has 1 heterocycles. The van der Waals surface area contributed by atoms with Gasteiger partial charge in [-0.2, -0.15) is 0 Å². The van der Waals surface area contributed by atoms with Crippen molar-refractivity contribution in [2.75, 3.05) is 19.6 Å². The molecule has 0 saturated carbocycles. The van der Waals surface area contributed by atoms with Gasteiger partial charge in [-0.25, -0.2) is 8.78 Å². The van der Waals surface area contributed by atoms with E-state index in [0.717, 1.165) is 25.8 Å². The average Bonchev–Trinajstić information content (AvgIpc) is 2.88. The van der Waals surface area contributed by atoms with E-state index in [1.54, 1.807) is 36.4 Å². The van der Waals surface area contributed by atoms with Crippen molar-refractivity contribution in [2.24, 2.45) is 0 Å². The van der Waals surface area contributed by atoms with Gasteiger partial charge in [0.2, 0.25) is 0 Å². The van der Waals surface area contributed by atoms with Crippen molar-refractivity contribution in [3.63, 3.8) is 0 Å². The molecule has 3 aromatic carbocycles. The maximum Gasteiger partial charge on any atom is 0.165 e. The Kier molecular flexibility index (Phi) is 9.09. The number of benzene rings is 3. The van der Waals surface area contributed by atoms with E-state index in [4.69, 9.17) is 4.74 Å². The van der Waals surface area contributed by atoms with Gasteiger partial charge in [0.25, 0.3) is 0 Å². The van der Waals surface area contributed by atoms with Crippen molar-refractivity contribution >= 4 is 0 Å². The Labute approximate surface area is 202 Å². The van der Waals surface area contributed by atoms with E-state index in [0.29, 0.717) is 17.9 Å². The lowest BCUT2D eigenvalue weighted by Crippen LogP contribution is -2.33. The Morgan fingerprint density at radius 3 is 2.12 bits per heavy atom. The third kappa shape index (κ3) is 6.89. The summed E-state index contributed by atoms with van der Waals surface area (Å²) in [4.78, 5) is 2.59. The molecule has 34 heavy (non-hydrogen) atoms. The topological polar surface area (TPSA) is 12.5 Å². The van der Waals surface area contributed by atoms with Crippen LogP contribution >= 0.6 is 0 Å². The molecule has 0 bridgehead atoms. The SMILES string of the molecule is Fc1ccccc1OC(CCCCCCN1CCC(c2ccccc2)CC1)c1ccccc1F. The molecule has 1 fully saturated rings. The molecule has 0 N–H and O–H groups in total. The Balaban J connectivity index is 1.19. The number of hydrogen-bond acceptors (Lipinski definition) is 2. The van der Waals surface area contributed by atoms with Crippen LogP contribution in [-0.2, 0) is 0 Å². The van der Waals surface area contributed by atoms with E-state index < -0.39 is 11.9 Å². The average molecular weight is 464 g/mol. The first kappa shape index (κ1) is 24.4. The van der Waals surface area contributed by atoms with E-state index in [1.807, 2.05) is 0 Å². The molecule has 0 amide bonds. The summed E-state index contributed by atoms with van der Waals surface area (Å²) in [6.07, 6.45) is 6.95. The van der Waals surface area contributed by atoms with Crippen LogP contribution in [0.4, 0.5) is 8.78 Å². The van der Waals surface area contributed by atoms with Gasteiger partial charge < -0.3 is 9.64 Å². The van der Waals surface area contributed by atoms with Gasteiger partial charge in [-0.15, -0.1) is 0 Å². The van der Waals surface area contributed by atoms with Gasteiger partial charge in [0.05, 0.1) is 0 Å². The van der Waals surface area contributed by atoms with Crippen LogP contribution in [0.1, 0.15) is 68.1 Å². The van der Waals surface area contributed by atoms with Gasteiger partial charge in [0.1, 0.15) is 11.9 Å². The van der Waals surface area contributed by atoms with Crippen molar-refractivity contribution in [2.45, 2.75) is 57.0 Å². The van der Waals surface area contributed by atoms with E-state index in [9.17, 15) is 8.78 Å². The maximum atomic E-state index is 14.4. The number of rotatable bonds is 11. The molecule has 1 aliphatic rings. The molecule has 1 unspecified atom stereocenters. The highest BCUT2D eigenvalue weighted by Crippen LogP contribution is 2.31. The van der Waals surface area contributed by atoms with Crippen LogP contribution in [0.15, 0.2) is 78.9 Å². The zero-order chi connectivity index (χ0) is 23.6. The highest BCUT2D eigenvalue weighted by molar-refractivity contribution is 5.27. The summed E-state index contributed by atoms with van der Waals surface area (Å²) >= 11 is 0. The van der Waals surface area contributed by atoms with Crippen LogP contribution in [0.5, 0.6) is 5.75 Å². The number of likely N-dealkylation sites (tertiary alicyclic amines) is 1. The molecule has 180 valence electrons. The zero-order valence-corrected chi connectivity index (χ0v) is 19.8. The number of nitrogens with zero attached hydrogens (tertiary/aromatic N) is 1. The number of hydrogen-bond donors (Lipinski definition) is 0. The summed E-state index contributed by atoms with van der Waals surface area (Å²) < 4.78 is 34.5. The molecule has 4 heteroatoms. The quantitative estimate of drug-likeness (QED) is 0.268. The zero-order valence-electron chi connectivity index (χ0n) is 19.8. The van der Waals surface area contributed by atoms with Crippen LogP contribution in [0.25, 0.3) is 0 Å². The predicted octanol–water partition coefficient (Wildman–Crippen LogP) is 7.92. The third-order valence-electron chi connectivity index (χ3n) is 6.91. The lowest BCUT2D eigenvalue weighted by atomic mass is 9.89. The highest BCUT2D eigenvalue weighted by Gasteiger charge is 2.21. The number of halogens is 2. The maximum absolute atomic E-state index is 14.4. The third-order valence-corrected chi connectivity index (χ3v) is 6.91. The van der Waals surface area contributed by atoms with Gasteiger partial charge in [-0.3, -0.25) is 0 Å². The van der Waals surface area contributed by atoms with Gasteiger partial charge in [-0.05, 0) is 81.4 Å². The molecule has 0 aliphatic carbocycles. The van der Waals surface area contributed by atoms with Crippen LogP contribution in [-0.4, -0.2) is 24.5 Å². The Morgan fingerprint density at radius 1 is 0.735 bits per heavy atom. The molecule has 2 nitrogen and oxygen atoms in total. The molecule has 4 rings (SSSR count). The number of ether oxygens (including phenoxy) is 1. The van der Waals surface area contributed by atoms with Crippen molar-refractivity contribution in [1.82, 2.24) is 4.90 Å². The van der Waals surface area contributed by atoms with Gasteiger partial charge >= 0.3 is 0 Å². The Hall–Kier alpha value is -2.72.